The summed E-state index contributed by atoms with van der Waals surface area (Å²) in [6.07, 6.45) is -2.15. The number of ether oxygens (including phenoxy) is 3. The number of rotatable bonds is 6. The topological polar surface area (TPSA) is 118 Å². The van der Waals surface area contributed by atoms with Crippen molar-refractivity contribution in [2.75, 3.05) is 47.8 Å². The smallest absolute Gasteiger partial charge is 0.415 e. The maximum atomic E-state index is 13.3. The fraction of sp³-hybridized carbons (Fsp3) is 0.448. The summed E-state index contributed by atoms with van der Waals surface area (Å²) in [5.41, 5.74) is 3.01. The van der Waals surface area contributed by atoms with E-state index in [-0.39, 0.29) is 25.0 Å². The first-order chi connectivity index (χ1) is 18.9. The fourth-order valence-corrected chi connectivity index (χ4v) is 4.68. The first kappa shape index (κ1) is 28.7. The number of piperazine rings is 1. The molecule has 2 aliphatic rings. The predicted molar refractivity (Wildman–Crippen MR) is 149 cm³/mol. The Morgan fingerprint density at radius 2 is 1.73 bits per heavy atom. The van der Waals surface area contributed by atoms with Crippen LogP contribution in [-0.4, -0.2) is 73.4 Å². The molecular formula is C29H36N4O7. The lowest BCUT2D eigenvalue weighted by Crippen LogP contribution is -2.52. The lowest BCUT2D eigenvalue weighted by Gasteiger charge is -2.37. The highest BCUT2D eigenvalue weighted by molar-refractivity contribution is 5.97. The molecule has 0 saturated carbocycles. The SMILES string of the molecule is CC(=O)OCc1ccccc1N1CCN(C(=O)C2CN(c3cc(NC(=O)OC(C)(C)C)ccc3C)C(=O)O2)CC1. The first-order valence-electron chi connectivity index (χ1n) is 13.2. The van der Waals surface area contributed by atoms with Gasteiger partial charge in [-0.1, -0.05) is 24.3 Å². The molecule has 0 aliphatic carbocycles. The van der Waals surface area contributed by atoms with Crippen LogP contribution in [0.15, 0.2) is 42.5 Å². The van der Waals surface area contributed by atoms with Crippen molar-refractivity contribution in [1.82, 2.24) is 4.90 Å². The number of aryl methyl sites for hydroxylation is 1. The molecule has 3 amide bonds. The molecule has 0 spiro atoms. The summed E-state index contributed by atoms with van der Waals surface area (Å²) in [5.74, 6) is -0.587. The third-order valence-electron chi connectivity index (χ3n) is 6.59. The monoisotopic (exact) mass is 552 g/mol. The van der Waals surface area contributed by atoms with Crippen molar-refractivity contribution in [2.24, 2.45) is 0 Å². The average molecular weight is 553 g/mol. The number of amides is 3. The van der Waals surface area contributed by atoms with E-state index in [4.69, 9.17) is 14.2 Å². The fourth-order valence-electron chi connectivity index (χ4n) is 4.68. The molecule has 11 nitrogen and oxygen atoms in total. The largest absolute Gasteiger partial charge is 0.461 e. The zero-order valence-corrected chi connectivity index (χ0v) is 23.6. The molecule has 1 unspecified atom stereocenters. The zero-order valence-electron chi connectivity index (χ0n) is 23.6. The Balaban J connectivity index is 1.37. The van der Waals surface area contributed by atoms with Crippen LogP contribution in [0.5, 0.6) is 0 Å². The maximum absolute atomic E-state index is 13.3. The second-order valence-electron chi connectivity index (χ2n) is 10.8. The minimum absolute atomic E-state index is 0.0693. The second-order valence-corrected chi connectivity index (χ2v) is 10.8. The van der Waals surface area contributed by atoms with Crippen molar-refractivity contribution in [1.29, 1.82) is 0 Å². The normalized spacial score (nSPS) is 17.4. The van der Waals surface area contributed by atoms with Crippen LogP contribution in [-0.2, 0) is 30.4 Å². The van der Waals surface area contributed by atoms with E-state index in [9.17, 15) is 19.2 Å². The molecule has 2 heterocycles. The van der Waals surface area contributed by atoms with Gasteiger partial charge in [0.15, 0.2) is 6.10 Å². The van der Waals surface area contributed by atoms with Crippen LogP contribution in [0.4, 0.5) is 26.7 Å². The molecule has 40 heavy (non-hydrogen) atoms. The number of benzene rings is 2. The van der Waals surface area contributed by atoms with Crippen LogP contribution in [0.3, 0.4) is 0 Å². The van der Waals surface area contributed by atoms with Crippen molar-refractivity contribution in [3.8, 4) is 0 Å². The lowest BCUT2D eigenvalue weighted by atomic mass is 10.1. The van der Waals surface area contributed by atoms with E-state index in [0.29, 0.717) is 37.6 Å². The summed E-state index contributed by atoms with van der Waals surface area (Å²) < 4.78 is 16.0. The van der Waals surface area contributed by atoms with Crippen LogP contribution in [0.1, 0.15) is 38.8 Å². The summed E-state index contributed by atoms with van der Waals surface area (Å²) >= 11 is 0. The van der Waals surface area contributed by atoms with Gasteiger partial charge in [0.25, 0.3) is 5.91 Å². The van der Waals surface area contributed by atoms with Gasteiger partial charge in [-0.05, 0) is 51.5 Å². The Hall–Kier alpha value is -4.28. The summed E-state index contributed by atoms with van der Waals surface area (Å²) in [5, 5.41) is 2.68. The van der Waals surface area contributed by atoms with Crippen molar-refractivity contribution < 1.29 is 33.4 Å². The number of carbonyl (C=O) groups excluding carboxylic acids is 4. The first-order valence-corrected chi connectivity index (χ1v) is 13.2. The summed E-state index contributed by atoms with van der Waals surface area (Å²) in [6.45, 7) is 10.9. The quantitative estimate of drug-likeness (QED) is 0.421. The van der Waals surface area contributed by atoms with E-state index in [1.165, 1.54) is 11.8 Å². The molecule has 4 rings (SSSR count). The molecule has 0 aromatic heterocycles. The zero-order chi connectivity index (χ0) is 29.0. The second kappa shape index (κ2) is 11.8. The van der Waals surface area contributed by atoms with Gasteiger partial charge >= 0.3 is 18.2 Å². The predicted octanol–water partition coefficient (Wildman–Crippen LogP) is 4.08. The number of esters is 1. The Labute approximate surface area is 233 Å². The standard InChI is InChI=1S/C29H36N4O7/c1-19-10-11-22(30-27(36)40-29(3,4)5)16-24(19)33-17-25(39-28(33)37)26(35)32-14-12-31(13-15-32)23-9-7-6-8-21(23)18-38-20(2)34/h6-11,16,25H,12-15,17-18H2,1-5H3,(H,30,36). The number of para-hydroxylation sites is 1. The average Bonchev–Trinajstić information content (AvgIpc) is 3.28. The molecular weight excluding hydrogens is 516 g/mol. The Morgan fingerprint density at radius 3 is 2.40 bits per heavy atom. The Morgan fingerprint density at radius 1 is 1.02 bits per heavy atom. The molecule has 2 aromatic carbocycles. The van der Waals surface area contributed by atoms with Gasteiger partial charge in [-0.25, -0.2) is 9.59 Å². The minimum Gasteiger partial charge on any atom is -0.461 e. The molecule has 1 N–H and O–H groups in total. The molecule has 1 atom stereocenters. The highest BCUT2D eigenvalue weighted by Crippen LogP contribution is 2.30. The highest BCUT2D eigenvalue weighted by Gasteiger charge is 2.40. The Kier molecular flexibility index (Phi) is 8.51. The summed E-state index contributed by atoms with van der Waals surface area (Å²) in [7, 11) is 0. The molecule has 0 radical (unpaired) electrons. The minimum atomic E-state index is -0.933. The molecule has 2 saturated heterocycles. The van der Waals surface area contributed by atoms with E-state index in [0.717, 1.165) is 16.8 Å². The highest BCUT2D eigenvalue weighted by atomic mass is 16.6. The van der Waals surface area contributed by atoms with Crippen LogP contribution >= 0.6 is 0 Å². The van der Waals surface area contributed by atoms with Crippen molar-refractivity contribution in [3.05, 3.63) is 53.6 Å². The van der Waals surface area contributed by atoms with Crippen LogP contribution < -0.4 is 15.1 Å². The van der Waals surface area contributed by atoms with Gasteiger partial charge in [0.1, 0.15) is 12.2 Å². The van der Waals surface area contributed by atoms with Crippen molar-refractivity contribution >= 4 is 41.1 Å². The van der Waals surface area contributed by atoms with Crippen molar-refractivity contribution in [3.63, 3.8) is 0 Å². The van der Waals surface area contributed by atoms with Gasteiger partial charge in [0.2, 0.25) is 0 Å². The number of hydrogen-bond donors (Lipinski definition) is 1. The van der Waals surface area contributed by atoms with Crippen LogP contribution in [0.2, 0.25) is 0 Å². The number of anilines is 3. The van der Waals surface area contributed by atoms with E-state index < -0.39 is 23.9 Å². The summed E-state index contributed by atoms with van der Waals surface area (Å²) in [6, 6.07) is 12.9. The molecule has 2 aromatic rings. The molecule has 2 fully saturated rings. The lowest BCUT2D eigenvalue weighted by molar-refractivity contribution is -0.142. The van der Waals surface area contributed by atoms with Gasteiger partial charge in [-0.2, -0.15) is 0 Å². The summed E-state index contributed by atoms with van der Waals surface area (Å²) in [4.78, 5) is 54.9. The van der Waals surface area contributed by atoms with Gasteiger partial charge in [0.05, 0.1) is 12.2 Å². The number of hydrogen-bond acceptors (Lipinski definition) is 8. The number of nitrogens with zero attached hydrogens (tertiary/aromatic N) is 3. The van der Waals surface area contributed by atoms with Crippen LogP contribution in [0.25, 0.3) is 0 Å². The van der Waals surface area contributed by atoms with Gasteiger partial charge in [-0.3, -0.25) is 19.8 Å². The van der Waals surface area contributed by atoms with E-state index in [1.54, 1.807) is 43.9 Å². The molecule has 0 bridgehead atoms. The molecule has 2 aliphatic heterocycles. The van der Waals surface area contributed by atoms with Gasteiger partial charge in [0, 0.05) is 50.0 Å². The van der Waals surface area contributed by atoms with Gasteiger partial charge < -0.3 is 24.0 Å². The molecule has 11 heteroatoms. The number of carbonyl (C=O) groups is 4. The van der Waals surface area contributed by atoms with Crippen molar-refractivity contribution in [2.45, 2.75) is 52.9 Å². The number of cyclic esters (lactones) is 1. The van der Waals surface area contributed by atoms with E-state index in [1.807, 2.05) is 31.2 Å². The third-order valence-corrected chi connectivity index (χ3v) is 6.59. The Bertz CT molecular complexity index is 1280. The number of nitrogens with one attached hydrogen (secondary N) is 1. The van der Waals surface area contributed by atoms with Crippen LogP contribution in [0, 0.1) is 6.92 Å². The third kappa shape index (κ3) is 7.02. The molecule has 214 valence electrons. The maximum Gasteiger partial charge on any atom is 0.415 e. The van der Waals surface area contributed by atoms with E-state index in [2.05, 4.69) is 10.2 Å². The van der Waals surface area contributed by atoms with E-state index >= 15 is 0 Å². The van der Waals surface area contributed by atoms with Gasteiger partial charge in [-0.15, -0.1) is 0 Å².